The Bertz CT molecular complexity index is 686. The molecule has 21 heavy (non-hydrogen) atoms. The van der Waals surface area contributed by atoms with Crippen LogP contribution in [0.3, 0.4) is 0 Å². The second-order valence-electron chi connectivity index (χ2n) is 4.55. The quantitative estimate of drug-likeness (QED) is 0.839. The molecule has 3 rings (SSSR count). The molecule has 3 N–H and O–H groups in total. The van der Waals surface area contributed by atoms with Crippen molar-refractivity contribution in [3.05, 3.63) is 22.7 Å². The highest BCUT2D eigenvalue weighted by Crippen LogP contribution is 2.38. The van der Waals surface area contributed by atoms with Crippen molar-refractivity contribution < 1.29 is 14.3 Å². The van der Waals surface area contributed by atoms with Crippen molar-refractivity contribution in [2.24, 2.45) is 0 Å². The lowest BCUT2D eigenvalue weighted by Crippen LogP contribution is -2.13. The Morgan fingerprint density at radius 2 is 2.19 bits per heavy atom. The summed E-state index contributed by atoms with van der Waals surface area (Å²) < 4.78 is 14.3. The normalized spacial score (nSPS) is 12.4. The number of aryl methyl sites for hydroxylation is 1. The minimum absolute atomic E-state index is 0.158. The minimum atomic E-state index is -0.265. The van der Waals surface area contributed by atoms with Crippen LogP contribution in [0.15, 0.2) is 12.1 Å². The van der Waals surface area contributed by atoms with E-state index in [1.807, 2.05) is 6.92 Å². The van der Waals surface area contributed by atoms with E-state index in [9.17, 15) is 4.79 Å². The number of carbonyl (C=O) groups excluding carboxylic acids is 1. The Kier molecular flexibility index (Phi) is 3.61. The molecule has 2 aromatic rings. The third kappa shape index (κ3) is 2.62. The fraction of sp³-hybridized carbons (Fsp3) is 0.308. The first-order valence-electron chi connectivity index (χ1n) is 6.50. The zero-order valence-corrected chi connectivity index (χ0v) is 12.2. The number of hydrogen-bond donors (Lipinski definition) is 2. The Hall–Kier alpha value is -2.35. The largest absolute Gasteiger partial charge is 0.454 e. The molecule has 1 amide bonds. The molecule has 2 heterocycles. The number of anilines is 2. The summed E-state index contributed by atoms with van der Waals surface area (Å²) in [4.78, 5) is 12.8. The third-order valence-corrected chi connectivity index (χ3v) is 3.81. The number of nitrogens with one attached hydrogen (secondary N) is 1. The van der Waals surface area contributed by atoms with Gasteiger partial charge in [0.05, 0.1) is 17.1 Å². The summed E-state index contributed by atoms with van der Waals surface area (Å²) in [5, 5.41) is 6.75. The lowest BCUT2D eigenvalue weighted by Gasteiger charge is -2.08. The molecule has 0 aliphatic carbocycles. The molecule has 0 bridgehead atoms. The van der Waals surface area contributed by atoms with Gasteiger partial charge < -0.3 is 20.5 Å². The second-order valence-corrected chi connectivity index (χ2v) is 5.30. The van der Waals surface area contributed by atoms with E-state index < -0.39 is 0 Å². The first-order valence-corrected chi connectivity index (χ1v) is 7.28. The molecular formula is C13H14N4O3S. The van der Waals surface area contributed by atoms with Gasteiger partial charge in [0.25, 0.3) is 5.91 Å². The van der Waals surface area contributed by atoms with Crippen LogP contribution in [-0.4, -0.2) is 22.3 Å². The van der Waals surface area contributed by atoms with E-state index >= 15 is 0 Å². The summed E-state index contributed by atoms with van der Waals surface area (Å²) in [5.74, 6) is 0.881. The molecule has 1 aromatic carbocycles. The van der Waals surface area contributed by atoms with Gasteiger partial charge in [0, 0.05) is 12.1 Å². The van der Waals surface area contributed by atoms with Gasteiger partial charge in [-0.25, -0.2) is 0 Å². The topological polar surface area (TPSA) is 99.4 Å². The molecular weight excluding hydrogens is 292 g/mol. The number of rotatable bonds is 4. The van der Waals surface area contributed by atoms with E-state index in [0.29, 0.717) is 33.4 Å². The molecule has 8 heteroatoms. The molecule has 1 aliphatic rings. The van der Waals surface area contributed by atoms with Crippen molar-refractivity contribution >= 4 is 28.8 Å². The van der Waals surface area contributed by atoms with Crippen LogP contribution in [0.5, 0.6) is 11.5 Å². The molecule has 7 nitrogen and oxygen atoms in total. The zero-order valence-electron chi connectivity index (χ0n) is 11.4. The molecule has 0 unspecified atom stereocenters. The number of fused-ring (bicyclic) bond motifs is 1. The lowest BCUT2D eigenvalue weighted by atomic mass is 10.2. The Balaban J connectivity index is 1.83. The van der Waals surface area contributed by atoms with Crippen molar-refractivity contribution in [2.45, 2.75) is 19.8 Å². The van der Waals surface area contributed by atoms with Crippen LogP contribution in [-0.2, 0) is 6.42 Å². The predicted molar refractivity (Wildman–Crippen MR) is 78.8 cm³/mol. The van der Waals surface area contributed by atoms with Crippen LogP contribution in [0, 0.1) is 0 Å². The molecule has 0 saturated carbocycles. The fourth-order valence-corrected chi connectivity index (χ4v) is 2.63. The van der Waals surface area contributed by atoms with Crippen LogP contribution in [0.1, 0.15) is 28.7 Å². The van der Waals surface area contributed by atoms with E-state index in [4.69, 9.17) is 15.2 Å². The SMILES string of the molecule is CCCc1nnsc1C(=O)Nc1cc2c(cc1N)OCO2. The van der Waals surface area contributed by atoms with Gasteiger partial charge in [0.15, 0.2) is 11.5 Å². The Morgan fingerprint density at radius 3 is 2.95 bits per heavy atom. The fourth-order valence-electron chi connectivity index (χ4n) is 2.03. The standard InChI is InChI=1S/C13H14N4O3S/c1-2-3-8-12(21-17-16-8)13(18)15-9-5-11-10(4-7(9)14)19-6-20-11/h4-5H,2-3,6,14H2,1H3,(H,15,18). The Labute approximate surface area is 125 Å². The van der Waals surface area contributed by atoms with E-state index in [-0.39, 0.29) is 12.7 Å². The summed E-state index contributed by atoms with van der Waals surface area (Å²) in [7, 11) is 0. The van der Waals surface area contributed by atoms with Crippen molar-refractivity contribution in [1.29, 1.82) is 0 Å². The van der Waals surface area contributed by atoms with Gasteiger partial charge in [0.2, 0.25) is 6.79 Å². The highest BCUT2D eigenvalue weighted by molar-refractivity contribution is 7.08. The summed E-state index contributed by atoms with van der Waals surface area (Å²) in [6.07, 6.45) is 1.62. The average molecular weight is 306 g/mol. The summed E-state index contributed by atoms with van der Waals surface area (Å²) >= 11 is 1.08. The van der Waals surface area contributed by atoms with E-state index in [2.05, 4.69) is 14.9 Å². The highest BCUT2D eigenvalue weighted by Gasteiger charge is 2.20. The number of ether oxygens (including phenoxy) is 2. The first-order chi connectivity index (χ1) is 10.2. The second kappa shape index (κ2) is 5.57. The molecule has 0 saturated heterocycles. The number of benzene rings is 1. The number of aromatic nitrogens is 2. The summed E-state index contributed by atoms with van der Waals surface area (Å²) in [5.41, 5.74) is 7.53. The molecule has 1 aromatic heterocycles. The highest BCUT2D eigenvalue weighted by atomic mass is 32.1. The van der Waals surface area contributed by atoms with Gasteiger partial charge in [-0.05, 0) is 18.0 Å². The summed E-state index contributed by atoms with van der Waals surface area (Å²) in [6, 6.07) is 3.29. The van der Waals surface area contributed by atoms with Gasteiger partial charge in [0.1, 0.15) is 4.88 Å². The van der Waals surface area contributed by atoms with Crippen molar-refractivity contribution in [3.63, 3.8) is 0 Å². The minimum Gasteiger partial charge on any atom is -0.454 e. The van der Waals surface area contributed by atoms with Crippen LogP contribution in [0.2, 0.25) is 0 Å². The molecule has 0 fully saturated rings. The van der Waals surface area contributed by atoms with Gasteiger partial charge in [-0.3, -0.25) is 4.79 Å². The maximum absolute atomic E-state index is 12.3. The number of nitrogens with two attached hydrogens (primary N) is 1. The zero-order chi connectivity index (χ0) is 14.8. The van der Waals surface area contributed by atoms with Gasteiger partial charge in [-0.15, -0.1) is 5.10 Å². The van der Waals surface area contributed by atoms with Crippen LogP contribution >= 0.6 is 11.5 Å². The van der Waals surface area contributed by atoms with Crippen molar-refractivity contribution in [1.82, 2.24) is 9.59 Å². The molecule has 110 valence electrons. The first kappa shape index (κ1) is 13.6. The van der Waals surface area contributed by atoms with E-state index in [1.165, 1.54) is 0 Å². The van der Waals surface area contributed by atoms with Crippen LogP contribution < -0.4 is 20.5 Å². The number of nitrogen functional groups attached to an aromatic ring is 1. The maximum atomic E-state index is 12.3. The summed E-state index contributed by atoms with van der Waals surface area (Å²) in [6.45, 7) is 2.18. The maximum Gasteiger partial charge on any atom is 0.269 e. The Morgan fingerprint density at radius 1 is 1.43 bits per heavy atom. The van der Waals surface area contributed by atoms with E-state index in [1.54, 1.807) is 12.1 Å². The molecule has 1 aliphatic heterocycles. The van der Waals surface area contributed by atoms with Crippen LogP contribution in [0.4, 0.5) is 11.4 Å². The van der Waals surface area contributed by atoms with Crippen molar-refractivity contribution in [2.75, 3.05) is 17.8 Å². The third-order valence-electron chi connectivity index (χ3n) is 3.04. The van der Waals surface area contributed by atoms with E-state index in [0.717, 1.165) is 24.4 Å². The number of amides is 1. The number of nitrogens with zero attached hydrogens (tertiary/aromatic N) is 2. The lowest BCUT2D eigenvalue weighted by molar-refractivity contribution is 0.102. The molecule has 0 atom stereocenters. The number of carbonyl (C=O) groups is 1. The number of hydrogen-bond acceptors (Lipinski definition) is 7. The smallest absolute Gasteiger partial charge is 0.269 e. The molecule has 0 spiro atoms. The predicted octanol–water partition coefficient (Wildman–Crippen LogP) is 2.05. The monoisotopic (exact) mass is 306 g/mol. The van der Waals surface area contributed by atoms with Crippen molar-refractivity contribution in [3.8, 4) is 11.5 Å². The van der Waals surface area contributed by atoms with Gasteiger partial charge in [-0.1, -0.05) is 17.8 Å². The van der Waals surface area contributed by atoms with Gasteiger partial charge >= 0.3 is 0 Å². The van der Waals surface area contributed by atoms with Crippen LogP contribution in [0.25, 0.3) is 0 Å². The molecule has 0 radical (unpaired) electrons. The van der Waals surface area contributed by atoms with Gasteiger partial charge in [-0.2, -0.15) is 0 Å². The average Bonchev–Trinajstić information content (AvgIpc) is 3.08.